The highest BCUT2D eigenvalue weighted by Crippen LogP contribution is 2.26. The number of aryl methyl sites for hydroxylation is 1. The number of hydrogen-bond acceptors (Lipinski definition) is 3. The van der Waals surface area contributed by atoms with E-state index in [0.29, 0.717) is 5.82 Å². The first-order valence-electron chi connectivity index (χ1n) is 4.03. The average Bonchev–Trinajstić information content (AvgIpc) is 2.60. The lowest BCUT2D eigenvalue weighted by Gasteiger charge is -1.99. The molecule has 0 unspecified atom stereocenters. The molecule has 0 saturated heterocycles. The number of rotatable bonds is 1. The second-order valence-electron chi connectivity index (χ2n) is 2.90. The molecule has 0 saturated carbocycles. The van der Waals surface area contributed by atoms with Gasteiger partial charge in [-0.2, -0.15) is 4.98 Å². The van der Waals surface area contributed by atoms with E-state index in [4.69, 9.17) is 4.52 Å². The molecule has 2 rings (SSSR count). The third-order valence-corrected chi connectivity index (χ3v) is 2.52. The zero-order chi connectivity index (χ0) is 11.0. The number of aromatic nitrogens is 2. The van der Waals surface area contributed by atoms with E-state index in [0.717, 1.165) is 12.1 Å². The summed E-state index contributed by atoms with van der Waals surface area (Å²) in [6.45, 7) is 1.62. The first-order chi connectivity index (χ1) is 7.08. The van der Waals surface area contributed by atoms with Crippen molar-refractivity contribution in [1.82, 2.24) is 10.1 Å². The Balaban J connectivity index is 2.55. The molecule has 1 heterocycles. The fraction of sp³-hybridized carbons (Fsp3) is 0.111. The van der Waals surface area contributed by atoms with E-state index < -0.39 is 11.6 Å². The minimum atomic E-state index is -0.708. The van der Waals surface area contributed by atoms with E-state index in [1.165, 1.54) is 0 Å². The van der Waals surface area contributed by atoms with Gasteiger partial charge in [0.15, 0.2) is 5.82 Å². The summed E-state index contributed by atoms with van der Waals surface area (Å²) in [5.74, 6) is -0.909. The van der Waals surface area contributed by atoms with Crippen molar-refractivity contribution in [2.24, 2.45) is 0 Å². The van der Waals surface area contributed by atoms with Crippen LogP contribution >= 0.6 is 15.9 Å². The molecule has 0 fully saturated rings. The molecule has 0 aliphatic carbocycles. The molecule has 0 spiro atoms. The van der Waals surface area contributed by atoms with Crippen molar-refractivity contribution in [2.45, 2.75) is 6.92 Å². The monoisotopic (exact) mass is 274 g/mol. The fourth-order valence-corrected chi connectivity index (χ4v) is 1.32. The quantitative estimate of drug-likeness (QED) is 0.751. The summed E-state index contributed by atoms with van der Waals surface area (Å²) < 4.78 is 30.9. The van der Waals surface area contributed by atoms with Gasteiger partial charge >= 0.3 is 0 Å². The van der Waals surface area contributed by atoms with Crippen molar-refractivity contribution < 1.29 is 13.3 Å². The number of nitrogens with zero attached hydrogens (tertiary/aromatic N) is 2. The summed E-state index contributed by atoms with van der Waals surface area (Å²) in [5, 5.41) is 3.53. The molecule has 1 aromatic carbocycles. The van der Waals surface area contributed by atoms with Crippen LogP contribution in [0.1, 0.15) is 5.82 Å². The zero-order valence-corrected chi connectivity index (χ0v) is 9.18. The zero-order valence-electron chi connectivity index (χ0n) is 7.59. The van der Waals surface area contributed by atoms with Gasteiger partial charge in [-0.3, -0.25) is 0 Å². The summed E-state index contributed by atoms with van der Waals surface area (Å²) in [5.41, 5.74) is 0.216. The first kappa shape index (κ1) is 10.2. The Bertz CT molecular complexity index is 490. The predicted octanol–water partition coefficient (Wildman–Crippen LogP) is 3.09. The summed E-state index contributed by atoms with van der Waals surface area (Å²) in [6.07, 6.45) is 0. The highest BCUT2D eigenvalue weighted by Gasteiger charge is 2.13. The molecule has 1 aromatic heterocycles. The number of benzene rings is 1. The predicted molar refractivity (Wildman–Crippen MR) is 52.1 cm³/mol. The third kappa shape index (κ3) is 1.90. The molecule has 0 aliphatic heterocycles. The van der Waals surface area contributed by atoms with E-state index in [1.54, 1.807) is 6.92 Å². The van der Waals surface area contributed by atoms with Gasteiger partial charge in [-0.25, -0.2) is 8.78 Å². The van der Waals surface area contributed by atoms with Crippen LogP contribution in [-0.2, 0) is 0 Å². The molecule has 0 aliphatic rings. The van der Waals surface area contributed by atoms with E-state index in [1.807, 2.05) is 0 Å². The Morgan fingerprint density at radius 1 is 1.27 bits per heavy atom. The van der Waals surface area contributed by atoms with Crippen molar-refractivity contribution in [1.29, 1.82) is 0 Å². The van der Waals surface area contributed by atoms with E-state index in [9.17, 15) is 8.78 Å². The van der Waals surface area contributed by atoms with Crippen LogP contribution < -0.4 is 0 Å². The highest BCUT2D eigenvalue weighted by molar-refractivity contribution is 9.10. The van der Waals surface area contributed by atoms with Gasteiger partial charge in [-0.05, 0) is 35.0 Å². The van der Waals surface area contributed by atoms with Crippen molar-refractivity contribution in [3.05, 3.63) is 34.1 Å². The number of hydrogen-bond donors (Lipinski definition) is 0. The third-order valence-electron chi connectivity index (χ3n) is 1.76. The number of halogens is 3. The molecule has 0 atom stereocenters. The van der Waals surface area contributed by atoms with Gasteiger partial charge in [0.05, 0.1) is 4.47 Å². The maximum absolute atomic E-state index is 13.2. The van der Waals surface area contributed by atoms with Gasteiger partial charge in [0.25, 0.3) is 5.89 Å². The van der Waals surface area contributed by atoms with E-state index >= 15 is 0 Å². The molecule has 3 nitrogen and oxygen atoms in total. The molecule has 0 N–H and O–H groups in total. The topological polar surface area (TPSA) is 38.9 Å². The van der Waals surface area contributed by atoms with Gasteiger partial charge < -0.3 is 4.52 Å². The van der Waals surface area contributed by atoms with Gasteiger partial charge in [0.1, 0.15) is 11.6 Å². The Hall–Kier alpha value is -1.30. The average molecular weight is 275 g/mol. The first-order valence-corrected chi connectivity index (χ1v) is 4.82. The van der Waals surface area contributed by atoms with Crippen LogP contribution in [0.5, 0.6) is 0 Å². The Morgan fingerprint density at radius 3 is 2.33 bits per heavy atom. The molecule has 15 heavy (non-hydrogen) atoms. The summed E-state index contributed by atoms with van der Waals surface area (Å²) in [6, 6.07) is 2.25. The van der Waals surface area contributed by atoms with Gasteiger partial charge in [0.2, 0.25) is 0 Å². The normalized spacial score (nSPS) is 10.7. The van der Waals surface area contributed by atoms with Gasteiger partial charge in [-0.15, -0.1) is 0 Å². The lowest BCUT2D eigenvalue weighted by Crippen LogP contribution is -1.87. The maximum atomic E-state index is 13.2. The van der Waals surface area contributed by atoms with Crippen LogP contribution in [0.2, 0.25) is 0 Å². The van der Waals surface area contributed by atoms with Crippen molar-refractivity contribution in [3.63, 3.8) is 0 Å². The Morgan fingerprint density at radius 2 is 1.87 bits per heavy atom. The molecule has 78 valence electrons. The second-order valence-corrected chi connectivity index (χ2v) is 3.69. The van der Waals surface area contributed by atoms with Crippen LogP contribution in [0.3, 0.4) is 0 Å². The standard InChI is InChI=1S/C9H5BrF2N2O/c1-4-13-9(15-14-4)5-2-6(11)8(10)7(12)3-5/h2-3H,1H3. The maximum Gasteiger partial charge on any atom is 0.258 e. The summed E-state index contributed by atoms with van der Waals surface area (Å²) in [7, 11) is 0. The van der Waals surface area contributed by atoms with Crippen molar-refractivity contribution >= 4 is 15.9 Å². The molecular weight excluding hydrogens is 270 g/mol. The SMILES string of the molecule is Cc1noc(-c2cc(F)c(Br)c(F)c2)n1. The van der Waals surface area contributed by atoms with Crippen molar-refractivity contribution in [3.8, 4) is 11.5 Å². The largest absolute Gasteiger partial charge is 0.334 e. The summed E-state index contributed by atoms with van der Waals surface area (Å²) in [4.78, 5) is 3.87. The van der Waals surface area contributed by atoms with Crippen LogP contribution in [0.25, 0.3) is 11.5 Å². The molecular formula is C9H5BrF2N2O. The molecule has 0 radical (unpaired) electrons. The molecule has 0 amide bonds. The van der Waals surface area contributed by atoms with Crippen molar-refractivity contribution in [2.75, 3.05) is 0 Å². The summed E-state index contributed by atoms with van der Waals surface area (Å²) >= 11 is 2.77. The fourth-order valence-electron chi connectivity index (χ4n) is 1.09. The lowest BCUT2D eigenvalue weighted by atomic mass is 10.2. The van der Waals surface area contributed by atoms with Crippen LogP contribution in [-0.4, -0.2) is 10.1 Å². The van der Waals surface area contributed by atoms with Gasteiger partial charge in [0, 0.05) is 5.56 Å². The van der Waals surface area contributed by atoms with Crippen LogP contribution in [0, 0.1) is 18.6 Å². The van der Waals surface area contributed by atoms with Crippen LogP contribution in [0.4, 0.5) is 8.78 Å². The molecule has 6 heteroatoms. The Kier molecular flexibility index (Phi) is 2.52. The highest BCUT2D eigenvalue weighted by atomic mass is 79.9. The minimum Gasteiger partial charge on any atom is -0.334 e. The smallest absolute Gasteiger partial charge is 0.258 e. The Labute approximate surface area is 92.2 Å². The minimum absolute atomic E-state index is 0.0952. The molecule has 2 aromatic rings. The lowest BCUT2D eigenvalue weighted by molar-refractivity contribution is 0.425. The van der Waals surface area contributed by atoms with Gasteiger partial charge in [-0.1, -0.05) is 5.16 Å². The van der Waals surface area contributed by atoms with E-state index in [2.05, 4.69) is 26.1 Å². The second kappa shape index (κ2) is 3.69. The molecule has 0 bridgehead atoms. The van der Waals surface area contributed by atoms with Crippen LogP contribution in [0.15, 0.2) is 21.1 Å². The van der Waals surface area contributed by atoms with E-state index in [-0.39, 0.29) is 15.9 Å².